The van der Waals surface area contributed by atoms with Gasteiger partial charge in [0.05, 0.1) is 6.54 Å². The highest BCUT2D eigenvalue weighted by Crippen LogP contribution is 2.25. The van der Waals surface area contributed by atoms with Crippen LogP contribution in [0.4, 0.5) is 0 Å². The van der Waals surface area contributed by atoms with Gasteiger partial charge in [-0.1, -0.05) is 0 Å². The minimum Gasteiger partial charge on any atom is -0.357 e. The number of guanidine groups is 1. The van der Waals surface area contributed by atoms with Crippen LogP contribution in [-0.2, 0) is 6.54 Å². The zero-order chi connectivity index (χ0) is 14.0. The van der Waals surface area contributed by atoms with Crippen LogP contribution in [0.15, 0.2) is 23.5 Å². The molecule has 0 spiro atoms. The Morgan fingerprint density at radius 3 is 3.05 bits per heavy atom. The van der Waals surface area contributed by atoms with E-state index in [1.54, 1.807) is 0 Å². The van der Waals surface area contributed by atoms with Crippen molar-refractivity contribution in [1.29, 1.82) is 0 Å². The Labute approximate surface area is 148 Å². The summed E-state index contributed by atoms with van der Waals surface area (Å²) in [5, 5.41) is 11.6. The molecule has 0 bridgehead atoms. The number of hydrogen-bond acceptors (Lipinski definition) is 3. The summed E-state index contributed by atoms with van der Waals surface area (Å²) in [4.78, 5) is 4.68. The largest absolute Gasteiger partial charge is 0.357 e. The molecule has 0 saturated carbocycles. The van der Waals surface area contributed by atoms with Crippen molar-refractivity contribution in [2.75, 3.05) is 25.4 Å². The quantitative estimate of drug-likeness (QED) is 0.306. The molecular weight excluding hydrogens is 397 g/mol. The van der Waals surface area contributed by atoms with Crippen LogP contribution >= 0.6 is 35.7 Å². The maximum absolute atomic E-state index is 4.68. The van der Waals surface area contributed by atoms with Gasteiger partial charge in [-0.3, -0.25) is 9.67 Å². The molecule has 21 heavy (non-hydrogen) atoms. The highest BCUT2D eigenvalue weighted by molar-refractivity contribution is 14.0. The van der Waals surface area contributed by atoms with Crippen LogP contribution in [0, 0.1) is 0 Å². The highest BCUT2D eigenvalue weighted by Gasteiger charge is 2.14. The molecule has 5 nitrogen and oxygen atoms in total. The molecule has 120 valence electrons. The van der Waals surface area contributed by atoms with Crippen molar-refractivity contribution in [2.45, 2.75) is 38.0 Å². The Morgan fingerprint density at radius 1 is 1.48 bits per heavy atom. The maximum atomic E-state index is 4.68. The first kappa shape index (κ1) is 18.6. The highest BCUT2D eigenvalue weighted by atomic mass is 127. The summed E-state index contributed by atoms with van der Waals surface area (Å²) in [5.41, 5.74) is 0. The standard InChI is InChI=1S/C14H25N5S.HI/c1-2-15-14(17-12-13-6-3-11-20-13)16-7-4-9-19-10-5-8-18-19;/h5,8,10,13H,2-4,6-7,9,11-12H2,1H3,(H2,15,16,17);1H. The summed E-state index contributed by atoms with van der Waals surface area (Å²) in [6.07, 6.45) is 7.52. The minimum atomic E-state index is 0. The second kappa shape index (κ2) is 11.2. The number of thioether (sulfide) groups is 1. The van der Waals surface area contributed by atoms with Crippen molar-refractivity contribution in [2.24, 2.45) is 4.99 Å². The van der Waals surface area contributed by atoms with Gasteiger partial charge in [0.1, 0.15) is 0 Å². The predicted octanol–water partition coefficient (Wildman–Crippen LogP) is 2.34. The summed E-state index contributed by atoms with van der Waals surface area (Å²) in [6, 6.07) is 1.96. The second-order valence-corrected chi connectivity index (χ2v) is 6.31. The lowest BCUT2D eigenvalue weighted by Crippen LogP contribution is -2.38. The van der Waals surface area contributed by atoms with Gasteiger partial charge in [0.15, 0.2) is 5.96 Å². The summed E-state index contributed by atoms with van der Waals surface area (Å²) in [5.74, 6) is 2.24. The van der Waals surface area contributed by atoms with Gasteiger partial charge in [0.2, 0.25) is 0 Å². The number of hydrogen-bond donors (Lipinski definition) is 2. The topological polar surface area (TPSA) is 54.2 Å². The molecule has 1 fully saturated rings. The summed E-state index contributed by atoms with van der Waals surface area (Å²) >= 11 is 2.05. The summed E-state index contributed by atoms with van der Waals surface area (Å²) in [7, 11) is 0. The molecule has 0 aromatic carbocycles. The van der Waals surface area contributed by atoms with Crippen LogP contribution in [-0.4, -0.2) is 46.4 Å². The fourth-order valence-corrected chi connectivity index (χ4v) is 3.38. The molecule has 1 saturated heterocycles. The fraction of sp³-hybridized carbons (Fsp3) is 0.714. The monoisotopic (exact) mass is 423 g/mol. The van der Waals surface area contributed by atoms with Crippen LogP contribution in [0.25, 0.3) is 0 Å². The van der Waals surface area contributed by atoms with E-state index in [9.17, 15) is 0 Å². The van der Waals surface area contributed by atoms with Gasteiger partial charge in [-0.2, -0.15) is 16.9 Å². The van der Waals surface area contributed by atoms with E-state index in [4.69, 9.17) is 0 Å². The number of nitrogens with zero attached hydrogens (tertiary/aromatic N) is 3. The minimum absolute atomic E-state index is 0. The normalized spacial score (nSPS) is 18.3. The smallest absolute Gasteiger partial charge is 0.191 e. The van der Waals surface area contributed by atoms with E-state index >= 15 is 0 Å². The van der Waals surface area contributed by atoms with Crippen LogP contribution < -0.4 is 10.6 Å². The van der Waals surface area contributed by atoms with Gasteiger partial charge in [-0.25, -0.2) is 0 Å². The van der Waals surface area contributed by atoms with Gasteiger partial charge in [0, 0.05) is 37.3 Å². The molecule has 1 atom stereocenters. The molecule has 2 rings (SSSR count). The van der Waals surface area contributed by atoms with E-state index in [-0.39, 0.29) is 24.0 Å². The molecule has 0 radical (unpaired) electrons. The lowest BCUT2D eigenvalue weighted by Gasteiger charge is -2.12. The van der Waals surface area contributed by atoms with Crippen LogP contribution in [0.3, 0.4) is 0 Å². The molecule has 1 aromatic rings. The molecule has 1 aliphatic rings. The first-order chi connectivity index (χ1) is 9.88. The first-order valence-electron chi connectivity index (χ1n) is 7.49. The predicted molar refractivity (Wildman–Crippen MR) is 102 cm³/mol. The van der Waals surface area contributed by atoms with E-state index < -0.39 is 0 Å². The van der Waals surface area contributed by atoms with Gasteiger partial charge < -0.3 is 10.6 Å². The van der Waals surface area contributed by atoms with Crippen molar-refractivity contribution < 1.29 is 0 Å². The molecule has 1 aliphatic heterocycles. The number of rotatable bonds is 7. The number of aryl methyl sites for hydroxylation is 1. The Hall–Kier alpha value is -0.440. The Kier molecular flexibility index (Phi) is 9.90. The summed E-state index contributed by atoms with van der Waals surface area (Å²) < 4.78 is 1.96. The Balaban J connectivity index is 0.00000220. The third-order valence-electron chi connectivity index (χ3n) is 3.24. The maximum Gasteiger partial charge on any atom is 0.191 e. The van der Waals surface area contributed by atoms with E-state index in [2.05, 4.69) is 39.4 Å². The van der Waals surface area contributed by atoms with Crippen molar-refractivity contribution >= 4 is 41.7 Å². The van der Waals surface area contributed by atoms with Crippen molar-refractivity contribution in [1.82, 2.24) is 20.4 Å². The van der Waals surface area contributed by atoms with E-state index in [0.29, 0.717) is 0 Å². The average molecular weight is 423 g/mol. The van der Waals surface area contributed by atoms with Gasteiger partial charge >= 0.3 is 0 Å². The molecule has 1 unspecified atom stereocenters. The first-order valence-corrected chi connectivity index (χ1v) is 8.54. The van der Waals surface area contributed by atoms with Crippen molar-refractivity contribution in [3.8, 4) is 0 Å². The van der Waals surface area contributed by atoms with Crippen LogP contribution in [0.1, 0.15) is 26.2 Å². The molecule has 0 amide bonds. The lowest BCUT2D eigenvalue weighted by molar-refractivity contribution is 0.570. The lowest BCUT2D eigenvalue weighted by atomic mass is 10.2. The number of halogens is 1. The third kappa shape index (κ3) is 7.39. The van der Waals surface area contributed by atoms with Gasteiger partial charge in [0.25, 0.3) is 0 Å². The van der Waals surface area contributed by atoms with E-state index in [0.717, 1.165) is 43.8 Å². The molecular formula is C14H26IN5S. The third-order valence-corrected chi connectivity index (χ3v) is 4.62. The van der Waals surface area contributed by atoms with Crippen LogP contribution in [0.5, 0.6) is 0 Å². The number of aromatic nitrogens is 2. The molecule has 2 heterocycles. The van der Waals surface area contributed by atoms with Crippen LogP contribution in [0.2, 0.25) is 0 Å². The fourth-order valence-electron chi connectivity index (χ4n) is 2.20. The van der Waals surface area contributed by atoms with Crippen molar-refractivity contribution in [3.05, 3.63) is 18.5 Å². The Morgan fingerprint density at radius 2 is 2.38 bits per heavy atom. The van der Waals surface area contributed by atoms with Crippen molar-refractivity contribution in [3.63, 3.8) is 0 Å². The van der Waals surface area contributed by atoms with Gasteiger partial charge in [-0.15, -0.1) is 24.0 Å². The van der Waals surface area contributed by atoms with E-state index in [1.807, 2.05) is 23.1 Å². The second-order valence-electron chi connectivity index (χ2n) is 4.90. The SMILES string of the molecule is CCNC(=NCC1CCCS1)NCCCn1cccn1.I. The Bertz CT molecular complexity index is 390. The zero-order valence-electron chi connectivity index (χ0n) is 12.6. The molecule has 1 aromatic heterocycles. The summed E-state index contributed by atoms with van der Waals surface area (Å²) in [6.45, 7) is 5.80. The van der Waals surface area contributed by atoms with E-state index in [1.165, 1.54) is 18.6 Å². The molecule has 7 heteroatoms. The average Bonchev–Trinajstić information content (AvgIpc) is 3.13. The number of nitrogens with one attached hydrogen (secondary N) is 2. The molecule has 0 aliphatic carbocycles. The number of aliphatic imine (C=N–C) groups is 1. The molecule has 2 N–H and O–H groups in total. The zero-order valence-corrected chi connectivity index (χ0v) is 15.8. The van der Waals surface area contributed by atoms with Gasteiger partial charge in [-0.05, 0) is 38.0 Å².